The van der Waals surface area contributed by atoms with Crippen molar-refractivity contribution >= 4 is 12.9 Å². The molecule has 0 aliphatic heterocycles. The summed E-state index contributed by atoms with van der Waals surface area (Å²) in [6, 6.07) is 0. The minimum Gasteiger partial charge on any atom is -0.465 e. The molecule has 0 aromatic carbocycles. The van der Waals surface area contributed by atoms with E-state index >= 15 is 0 Å². The van der Waals surface area contributed by atoms with Crippen LogP contribution in [-0.4, -0.2) is 25.2 Å². The molecule has 4 heteroatoms. The third-order valence-electron chi connectivity index (χ3n) is 2.60. The van der Waals surface area contributed by atoms with Crippen LogP contribution in [0, 0.1) is 0 Å². The smallest absolute Gasteiger partial charge is 0.293 e. The van der Waals surface area contributed by atoms with Gasteiger partial charge in [-0.05, 0) is 38.5 Å². The summed E-state index contributed by atoms with van der Waals surface area (Å²) >= 11 is 0. The Labute approximate surface area is 83.6 Å². The predicted octanol–water partition coefficient (Wildman–Crippen LogP) is 1.42. The Hall–Kier alpha value is -1.06. The highest BCUT2D eigenvalue weighted by Crippen LogP contribution is 2.20. The maximum Gasteiger partial charge on any atom is 0.293 e. The molecule has 0 bridgehead atoms. The van der Waals surface area contributed by atoms with E-state index in [1.165, 1.54) is 12.8 Å². The van der Waals surface area contributed by atoms with Gasteiger partial charge >= 0.3 is 0 Å². The molecule has 2 aliphatic carbocycles. The highest BCUT2D eigenvalue weighted by atomic mass is 16.5. The quantitative estimate of drug-likeness (QED) is 0.644. The highest BCUT2D eigenvalue weighted by molar-refractivity contribution is 5.37. The van der Waals surface area contributed by atoms with Gasteiger partial charge in [-0.1, -0.05) is 0 Å². The Morgan fingerprint density at radius 3 is 1.21 bits per heavy atom. The molecule has 2 saturated carbocycles. The zero-order chi connectivity index (χ0) is 10.2. The SMILES string of the molecule is O=COC1CCC1.O=COC1CCC1. The van der Waals surface area contributed by atoms with Crippen LogP contribution in [0.15, 0.2) is 0 Å². The largest absolute Gasteiger partial charge is 0.465 e. The Bertz CT molecular complexity index is 153. The molecule has 0 aromatic rings. The summed E-state index contributed by atoms with van der Waals surface area (Å²) in [5.41, 5.74) is 0. The summed E-state index contributed by atoms with van der Waals surface area (Å²) in [7, 11) is 0. The van der Waals surface area contributed by atoms with E-state index in [0.717, 1.165) is 25.7 Å². The average Bonchev–Trinajstić information content (AvgIpc) is 2.05. The lowest BCUT2D eigenvalue weighted by atomic mass is 9.96. The Morgan fingerprint density at radius 2 is 1.14 bits per heavy atom. The second kappa shape index (κ2) is 6.40. The second-order valence-electron chi connectivity index (χ2n) is 3.57. The minimum absolute atomic E-state index is 0.262. The molecule has 2 fully saturated rings. The first kappa shape index (κ1) is 11.0. The van der Waals surface area contributed by atoms with Crippen molar-refractivity contribution in [3.8, 4) is 0 Å². The van der Waals surface area contributed by atoms with E-state index in [4.69, 9.17) is 0 Å². The Kier molecular flexibility index (Phi) is 5.04. The molecular formula is C10H16O4. The molecule has 0 unspecified atom stereocenters. The predicted molar refractivity (Wildman–Crippen MR) is 49.6 cm³/mol. The minimum atomic E-state index is 0.262. The van der Waals surface area contributed by atoms with Gasteiger partial charge in [0.2, 0.25) is 0 Å². The zero-order valence-electron chi connectivity index (χ0n) is 8.19. The summed E-state index contributed by atoms with van der Waals surface area (Å²) in [6.07, 6.45) is 7.24. The van der Waals surface area contributed by atoms with Gasteiger partial charge in [0.25, 0.3) is 12.9 Å². The monoisotopic (exact) mass is 200 g/mol. The topological polar surface area (TPSA) is 52.6 Å². The summed E-state index contributed by atoms with van der Waals surface area (Å²) in [5.74, 6) is 0. The summed E-state index contributed by atoms with van der Waals surface area (Å²) < 4.78 is 9.19. The summed E-state index contributed by atoms with van der Waals surface area (Å²) in [5, 5.41) is 0. The van der Waals surface area contributed by atoms with Crippen molar-refractivity contribution in [2.24, 2.45) is 0 Å². The van der Waals surface area contributed by atoms with Crippen molar-refractivity contribution in [2.75, 3.05) is 0 Å². The van der Waals surface area contributed by atoms with Gasteiger partial charge in [-0.25, -0.2) is 0 Å². The van der Waals surface area contributed by atoms with E-state index in [0.29, 0.717) is 12.9 Å². The number of carbonyl (C=O) groups excluding carboxylic acids is 2. The van der Waals surface area contributed by atoms with Crippen LogP contribution in [0.25, 0.3) is 0 Å². The number of hydrogen-bond acceptors (Lipinski definition) is 4. The normalized spacial score (nSPS) is 20.6. The van der Waals surface area contributed by atoms with Gasteiger partial charge in [0.1, 0.15) is 12.2 Å². The first-order valence-corrected chi connectivity index (χ1v) is 5.05. The molecule has 0 aromatic heterocycles. The van der Waals surface area contributed by atoms with Crippen LogP contribution >= 0.6 is 0 Å². The van der Waals surface area contributed by atoms with Gasteiger partial charge in [0.15, 0.2) is 0 Å². The molecule has 2 rings (SSSR count). The summed E-state index contributed by atoms with van der Waals surface area (Å²) in [6.45, 7) is 1.06. The van der Waals surface area contributed by atoms with Gasteiger partial charge in [-0.2, -0.15) is 0 Å². The molecule has 0 amide bonds. The van der Waals surface area contributed by atoms with Crippen molar-refractivity contribution < 1.29 is 19.1 Å². The Balaban J connectivity index is 0.000000140. The third-order valence-corrected chi connectivity index (χ3v) is 2.60. The zero-order valence-corrected chi connectivity index (χ0v) is 8.19. The molecule has 0 spiro atoms. The van der Waals surface area contributed by atoms with E-state index in [2.05, 4.69) is 9.47 Å². The lowest BCUT2D eigenvalue weighted by molar-refractivity contribution is -0.138. The van der Waals surface area contributed by atoms with E-state index in [-0.39, 0.29) is 12.2 Å². The van der Waals surface area contributed by atoms with Gasteiger partial charge in [0.05, 0.1) is 0 Å². The maximum absolute atomic E-state index is 9.59. The molecular weight excluding hydrogens is 184 g/mol. The van der Waals surface area contributed by atoms with Gasteiger partial charge in [-0.3, -0.25) is 9.59 Å². The fraction of sp³-hybridized carbons (Fsp3) is 0.800. The van der Waals surface area contributed by atoms with Crippen LogP contribution in [0.5, 0.6) is 0 Å². The lowest BCUT2D eigenvalue weighted by Crippen LogP contribution is -2.20. The number of carbonyl (C=O) groups is 2. The number of ether oxygens (including phenoxy) is 2. The van der Waals surface area contributed by atoms with Crippen molar-refractivity contribution in [3.05, 3.63) is 0 Å². The lowest BCUT2D eigenvalue weighted by Gasteiger charge is -2.22. The fourth-order valence-electron chi connectivity index (χ4n) is 1.17. The van der Waals surface area contributed by atoms with Crippen molar-refractivity contribution in [2.45, 2.75) is 50.7 Å². The fourth-order valence-corrected chi connectivity index (χ4v) is 1.17. The Morgan fingerprint density at radius 1 is 0.786 bits per heavy atom. The molecule has 80 valence electrons. The standard InChI is InChI=1S/2C5H8O2/c2*6-4-7-5-2-1-3-5/h2*4-5H,1-3H2. The number of rotatable bonds is 4. The molecule has 0 atom stereocenters. The van der Waals surface area contributed by atoms with Crippen LogP contribution in [0.1, 0.15) is 38.5 Å². The van der Waals surface area contributed by atoms with Crippen LogP contribution in [0.3, 0.4) is 0 Å². The molecule has 0 radical (unpaired) electrons. The van der Waals surface area contributed by atoms with Crippen molar-refractivity contribution in [3.63, 3.8) is 0 Å². The highest BCUT2D eigenvalue weighted by Gasteiger charge is 2.17. The van der Waals surface area contributed by atoms with E-state index in [9.17, 15) is 9.59 Å². The molecule has 14 heavy (non-hydrogen) atoms. The van der Waals surface area contributed by atoms with Crippen molar-refractivity contribution in [1.29, 1.82) is 0 Å². The van der Waals surface area contributed by atoms with Gasteiger partial charge < -0.3 is 9.47 Å². The van der Waals surface area contributed by atoms with Crippen LogP contribution in [-0.2, 0) is 19.1 Å². The molecule has 2 aliphatic rings. The van der Waals surface area contributed by atoms with Crippen LogP contribution < -0.4 is 0 Å². The molecule has 0 N–H and O–H groups in total. The van der Waals surface area contributed by atoms with E-state index < -0.39 is 0 Å². The average molecular weight is 200 g/mol. The van der Waals surface area contributed by atoms with E-state index in [1.807, 2.05) is 0 Å². The number of hydrogen-bond donors (Lipinski definition) is 0. The van der Waals surface area contributed by atoms with Crippen LogP contribution in [0.2, 0.25) is 0 Å². The first-order chi connectivity index (χ1) is 6.86. The second-order valence-corrected chi connectivity index (χ2v) is 3.57. The van der Waals surface area contributed by atoms with Crippen LogP contribution in [0.4, 0.5) is 0 Å². The maximum atomic E-state index is 9.59. The van der Waals surface area contributed by atoms with Crippen molar-refractivity contribution in [1.82, 2.24) is 0 Å². The molecule has 0 heterocycles. The van der Waals surface area contributed by atoms with E-state index in [1.54, 1.807) is 0 Å². The van der Waals surface area contributed by atoms with Gasteiger partial charge in [-0.15, -0.1) is 0 Å². The third kappa shape index (κ3) is 3.77. The summed E-state index contributed by atoms with van der Waals surface area (Å²) in [4.78, 5) is 19.2. The first-order valence-electron chi connectivity index (χ1n) is 5.05. The molecule has 4 nitrogen and oxygen atoms in total. The molecule has 0 saturated heterocycles. The van der Waals surface area contributed by atoms with Gasteiger partial charge in [0, 0.05) is 0 Å².